The van der Waals surface area contributed by atoms with Crippen molar-refractivity contribution in [2.45, 2.75) is 5.03 Å². The molecule has 2 aromatic carbocycles. The minimum absolute atomic E-state index is 0.123. The first-order valence-electron chi connectivity index (χ1n) is 9.96. The van der Waals surface area contributed by atoms with Gasteiger partial charge >= 0.3 is 5.69 Å². The van der Waals surface area contributed by atoms with E-state index in [1.807, 2.05) is 18.2 Å². The summed E-state index contributed by atoms with van der Waals surface area (Å²) >= 11 is 1.01. The summed E-state index contributed by atoms with van der Waals surface area (Å²) in [6.07, 6.45) is 0. The predicted octanol–water partition coefficient (Wildman–Crippen LogP) is 2.33. The van der Waals surface area contributed by atoms with Crippen molar-refractivity contribution in [2.75, 3.05) is 11.1 Å². The molecule has 172 valence electrons. The maximum atomic E-state index is 12.9. The van der Waals surface area contributed by atoms with Gasteiger partial charge in [-0.2, -0.15) is 0 Å². The van der Waals surface area contributed by atoms with Crippen LogP contribution in [0.4, 0.5) is 11.4 Å². The van der Waals surface area contributed by atoms with E-state index < -0.39 is 22.1 Å². The fraction of sp³-hybridized carbons (Fsp3) is 0.136. The molecule has 0 aliphatic heterocycles. The maximum absolute atomic E-state index is 12.9. The minimum atomic E-state index is -0.570. The summed E-state index contributed by atoms with van der Waals surface area (Å²) in [5, 5.41) is 13.9. The van der Waals surface area contributed by atoms with E-state index in [0.29, 0.717) is 11.4 Å². The molecule has 0 fully saturated rings. The average Bonchev–Trinajstić information content (AvgIpc) is 2.85. The Labute approximate surface area is 196 Å². The summed E-state index contributed by atoms with van der Waals surface area (Å²) in [4.78, 5) is 57.3. The number of rotatable bonds is 6. The molecule has 0 bridgehead atoms. The summed E-state index contributed by atoms with van der Waals surface area (Å²) < 4.78 is 2.22. The van der Waals surface area contributed by atoms with Crippen LogP contribution in [0.3, 0.4) is 0 Å². The van der Waals surface area contributed by atoms with Crippen molar-refractivity contribution in [1.82, 2.24) is 19.1 Å². The Morgan fingerprint density at radius 1 is 1.06 bits per heavy atom. The molecule has 0 spiro atoms. The Morgan fingerprint density at radius 3 is 2.50 bits per heavy atom. The lowest BCUT2D eigenvalue weighted by Crippen LogP contribution is -2.37. The summed E-state index contributed by atoms with van der Waals surface area (Å²) in [5.41, 5.74) is -0.141. The van der Waals surface area contributed by atoms with Crippen LogP contribution < -0.4 is 16.6 Å². The highest BCUT2D eigenvalue weighted by molar-refractivity contribution is 8.00. The molecular formula is C22H18N6O5S. The van der Waals surface area contributed by atoms with Gasteiger partial charge in [0, 0.05) is 37.5 Å². The number of aromatic nitrogens is 4. The summed E-state index contributed by atoms with van der Waals surface area (Å²) in [6.45, 7) is 0. The van der Waals surface area contributed by atoms with E-state index in [1.165, 1.54) is 42.9 Å². The third kappa shape index (κ3) is 4.43. The Hall–Kier alpha value is -4.32. The number of non-ortho nitro benzene ring substituents is 1. The van der Waals surface area contributed by atoms with Crippen LogP contribution in [0.5, 0.6) is 0 Å². The molecule has 0 aliphatic carbocycles. The number of carbonyl (C=O) groups is 1. The van der Waals surface area contributed by atoms with Crippen molar-refractivity contribution in [3.8, 4) is 11.4 Å². The molecule has 0 radical (unpaired) electrons. The second kappa shape index (κ2) is 9.27. The highest BCUT2D eigenvalue weighted by Crippen LogP contribution is 2.26. The standard InChI is InChI=1S/C22H18N6O5S/c1-26-19-17(21(30)27(2)22(26)31)20(25-18(24-19)13-7-4-3-5-8-13)34-12-16(29)23-14-9-6-10-15(11-14)28(32)33/h3-11H,12H2,1-2H3,(H,23,29). The molecule has 0 atom stereocenters. The average molecular weight is 478 g/mol. The van der Waals surface area contributed by atoms with E-state index in [2.05, 4.69) is 15.3 Å². The van der Waals surface area contributed by atoms with E-state index in [0.717, 1.165) is 16.3 Å². The van der Waals surface area contributed by atoms with Gasteiger partial charge in [0.1, 0.15) is 10.4 Å². The molecule has 1 N–H and O–H groups in total. The lowest BCUT2D eigenvalue weighted by atomic mass is 10.2. The summed E-state index contributed by atoms with van der Waals surface area (Å²) in [6, 6.07) is 14.6. The normalized spacial score (nSPS) is 10.9. The van der Waals surface area contributed by atoms with Gasteiger partial charge in [-0.1, -0.05) is 48.2 Å². The molecule has 0 saturated heterocycles. The SMILES string of the molecule is Cn1c(=O)c2c(SCC(=O)Nc3cccc([N+](=O)[O-])c3)nc(-c3ccccc3)nc2n(C)c1=O. The van der Waals surface area contributed by atoms with Crippen LogP contribution in [-0.4, -0.2) is 35.7 Å². The highest BCUT2D eigenvalue weighted by Gasteiger charge is 2.19. The Balaban J connectivity index is 1.72. The molecule has 12 heteroatoms. The molecule has 2 aromatic heterocycles. The first-order chi connectivity index (χ1) is 16.3. The van der Waals surface area contributed by atoms with Gasteiger partial charge in [-0.15, -0.1) is 0 Å². The van der Waals surface area contributed by atoms with Gasteiger partial charge in [0.15, 0.2) is 11.5 Å². The minimum Gasteiger partial charge on any atom is -0.325 e. The smallest absolute Gasteiger partial charge is 0.325 e. The quantitative estimate of drug-likeness (QED) is 0.193. The number of hydrogen-bond acceptors (Lipinski definition) is 8. The van der Waals surface area contributed by atoms with Crippen molar-refractivity contribution < 1.29 is 9.72 Å². The molecule has 4 rings (SSSR count). The van der Waals surface area contributed by atoms with Gasteiger partial charge in [-0.25, -0.2) is 14.8 Å². The Bertz CT molecular complexity index is 1550. The third-order valence-electron chi connectivity index (χ3n) is 4.98. The van der Waals surface area contributed by atoms with Crippen LogP contribution in [0.25, 0.3) is 22.4 Å². The zero-order chi connectivity index (χ0) is 24.4. The lowest BCUT2D eigenvalue weighted by molar-refractivity contribution is -0.384. The molecular weight excluding hydrogens is 460 g/mol. The number of nitro groups is 1. The van der Waals surface area contributed by atoms with Crippen molar-refractivity contribution in [1.29, 1.82) is 0 Å². The second-order valence-corrected chi connectivity index (χ2v) is 8.23. The number of nitro benzene ring substituents is 1. The van der Waals surface area contributed by atoms with Gasteiger partial charge in [-0.3, -0.25) is 28.8 Å². The van der Waals surface area contributed by atoms with Crippen LogP contribution in [0.2, 0.25) is 0 Å². The van der Waals surface area contributed by atoms with E-state index in [4.69, 9.17) is 0 Å². The molecule has 0 saturated carbocycles. The molecule has 0 unspecified atom stereocenters. The van der Waals surface area contributed by atoms with Crippen LogP contribution in [0.15, 0.2) is 69.2 Å². The van der Waals surface area contributed by atoms with E-state index in [1.54, 1.807) is 12.1 Å². The Kier molecular flexibility index (Phi) is 6.23. The van der Waals surface area contributed by atoms with Crippen LogP contribution in [-0.2, 0) is 18.9 Å². The number of benzene rings is 2. The Morgan fingerprint density at radius 2 is 1.79 bits per heavy atom. The van der Waals surface area contributed by atoms with Crippen LogP contribution in [0, 0.1) is 10.1 Å². The predicted molar refractivity (Wildman–Crippen MR) is 128 cm³/mol. The monoisotopic (exact) mass is 478 g/mol. The molecule has 0 aliphatic rings. The molecule has 11 nitrogen and oxygen atoms in total. The fourth-order valence-corrected chi connectivity index (χ4v) is 4.09. The van der Waals surface area contributed by atoms with Crippen LogP contribution >= 0.6 is 11.8 Å². The molecule has 2 heterocycles. The zero-order valence-electron chi connectivity index (χ0n) is 18.1. The van der Waals surface area contributed by atoms with Gasteiger partial charge in [0.25, 0.3) is 11.2 Å². The molecule has 1 amide bonds. The second-order valence-electron chi connectivity index (χ2n) is 7.27. The number of carbonyl (C=O) groups excluding carboxylic acids is 1. The van der Waals surface area contributed by atoms with Crippen molar-refractivity contribution in [2.24, 2.45) is 14.1 Å². The topological polar surface area (TPSA) is 142 Å². The van der Waals surface area contributed by atoms with Crippen LogP contribution in [0.1, 0.15) is 0 Å². The number of hydrogen-bond donors (Lipinski definition) is 1. The van der Waals surface area contributed by atoms with Gasteiger partial charge in [-0.05, 0) is 6.07 Å². The summed E-state index contributed by atoms with van der Waals surface area (Å²) in [5.74, 6) is -0.271. The first-order valence-corrected chi connectivity index (χ1v) is 10.9. The highest BCUT2D eigenvalue weighted by atomic mass is 32.2. The largest absolute Gasteiger partial charge is 0.332 e. The summed E-state index contributed by atoms with van der Waals surface area (Å²) in [7, 11) is 2.87. The van der Waals surface area contributed by atoms with Gasteiger partial charge < -0.3 is 5.32 Å². The zero-order valence-corrected chi connectivity index (χ0v) is 18.9. The first kappa shape index (κ1) is 22.9. The third-order valence-corrected chi connectivity index (χ3v) is 5.95. The lowest BCUT2D eigenvalue weighted by Gasteiger charge is -2.12. The number of nitrogens with zero attached hydrogens (tertiary/aromatic N) is 5. The number of nitrogens with one attached hydrogen (secondary N) is 1. The van der Waals surface area contributed by atoms with Gasteiger partial charge in [0.2, 0.25) is 5.91 Å². The number of fused-ring (bicyclic) bond motifs is 1. The van der Waals surface area contributed by atoms with Crippen molar-refractivity contribution >= 4 is 40.1 Å². The van der Waals surface area contributed by atoms with Gasteiger partial charge in [0.05, 0.1) is 10.7 Å². The van der Waals surface area contributed by atoms with Crippen molar-refractivity contribution in [3.63, 3.8) is 0 Å². The fourth-order valence-electron chi connectivity index (χ4n) is 3.28. The van der Waals surface area contributed by atoms with Crippen molar-refractivity contribution in [3.05, 3.63) is 85.5 Å². The number of amides is 1. The van der Waals surface area contributed by atoms with E-state index in [-0.39, 0.29) is 33.2 Å². The number of anilines is 1. The number of thioether (sulfide) groups is 1. The molecule has 4 aromatic rings. The number of aryl methyl sites for hydroxylation is 1. The van der Waals surface area contributed by atoms with E-state index >= 15 is 0 Å². The maximum Gasteiger partial charge on any atom is 0.332 e. The molecule has 34 heavy (non-hydrogen) atoms. The van der Waals surface area contributed by atoms with E-state index in [9.17, 15) is 24.5 Å².